The van der Waals surface area contributed by atoms with Crippen LogP contribution in [0.15, 0.2) is 29.3 Å². The molecule has 0 spiro atoms. The molecule has 0 radical (unpaired) electrons. The van der Waals surface area contributed by atoms with Gasteiger partial charge in [0.2, 0.25) is 5.91 Å². The molecule has 6 nitrogen and oxygen atoms in total. The third kappa shape index (κ3) is 5.98. The van der Waals surface area contributed by atoms with Gasteiger partial charge >= 0.3 is 0 Å². The van der Waals surface area contributed by atoms with E-state index in [1.807, 2.05) is 17.0 Å². The average Bonchev–Trinajstić information content (AvgIpc) is 2.57. The quantitative estimate of drug-likeness (QED) is 0.316. The summed E-state index contributed by atoms with van der Waals surface area (Å²) in [5, 5.41) is 6.13. The van der Waals surface area contributed by atoms with Crippen molar-refractivity contribution in [2.45, 2.75) is 13.0 Å². The Bertz CT molecular complexity index is 537. The first kappa shape index (κ1) is 19.7. The smallest absolute Gasteiger partial charge is 0.242 e. The van der Waals surface area contributed by atoms with Gasteiger partial charge in [-0.2, -0.15) is 0 Å². The monoisotopic (exact) mass is 432 g/mol. The predicted octanol–water partition coefficient (Wildman–Crippen LogP) is 1.00. The largest absolute Gasteiger partial charge is 0.383 e. The van der Waals surface area contributed by atoms with E-state index in [1.165, 1.54) is 11.1 Å². The number of ether oxygens (including phenoxy) is 1. The predicted molar refractivity (Wildman–Crippen MR) is 102 cm³/mol. The Hall–Kier alpha value is -1.35. The van der Waals surface area contributed by atoms with Crippen molar-refractivity contribution in [3.63, 3.8) is 0 Å². The first-order chi connectivity index (χ1) is 10.7. The lowest BCUT2D eigenvalue weighted by atomic mass is 10.00. The van der Waals surface area contributed by atoms with Gasteiger partial charge in [-0.15, -0.1) is 24.0 Å². The third-order valence-electron chi connectivity index (χ3n) is 3.71. The van der Waals surface area contributed by atoms with Gasteiger partial charge in [-0.1, -0.05) is 24.3 Å². The van der Waals surface area contributed by atoms with E-state index in [9.17, 15) is 4.79 Å². The highest BCUT2D eigenvalue weighted by Crippen LogP contribution is 2.18. The Morgan fingerprint density at radius 1 is 1.30 bits per heavy atom. The van der Waals surface area contributed by atoms with Gasteiger partial charge in [0.1, 0.15) is 0 Å². The third-order valence-corrected chi connectivity index (χ3v) is 3.71. The van der Waals surface area contributed by atoms with E-state index in [1.54, 1.807) is 14.2 Å². The van der Waals surface area contributed by atoms with Gasteiger partial charge in [0, 0.05) is 33.8 Å². The minimum atomic E-state index is 0. The molecule has 0 saturated carbocycles. The fourth-order valence-corrected chi connectivity index (χ4v) is 2.47. The molecule has 0 unspecified atom stereocenters. The molecule has 0 atom stereocenters. The Labute approximate surface area is 154 Å². The number of nitrogens with zero attached hydrogens (tertiary/aromatic N) is 2. The second kappa shape index (κ2) is 10.4. The number of rotatable bonds is 5. The molecule has 7 heteroatoms. The van der Waals surface area contributed by atoms with E-state index in [0.717, 1.165) is 13.0 Å². The van der Waals surface area contributed by atoms with Crippen LogP contribution in [0.4, 0.5) is 0 Å². The molecule has 1 aromatic rings. The van der Waals surface area contributed by atoms with Gasteiger partial charge in [-0.3, -0.25) is 9.79 Å². The van der Waals surface area contributed by atoms with Crippen molar-refractivity contribution in [2.75, 3.05) is 40.4 Å². The minimum absolute atomic E-state index is 0. The summed E-state index contributed by atoms with van der Waals surface area (Å²) in [5.41, 5.74) is 2.58. The van der Waals surface area contributed by atoms with Crippen LogP contribution in [-0.2, 0) is 22.5 Å². The summed E-state index contributed by atoms with van der Waals surface area (Å²) in [6.07, 6.45) is 0.919. The number of benzene rings is 1. The van der Waals surface area contributed by atoms with Crippen molar-refractivity contribution >= 4 is 35.8 Å². The summed E-state index contributed by atoms with van der Waals surface area (Å²) < 4.78 is 4.97. The molecule has 2 rings (SSSR count). The van der Waals surface area contributed by atoms with E-state index in [-0.39, 0.29) is 36.4 Å². The number of carbonyl (C=O) groups excluding carboxylic acids is 1. The van der Waals surface area contributed by atoms with Crippen LogP contribution in [0.5, 0.6) is 0 Å². The number of hydrogen-bond acceptors (Lipinski definition) is 3. The minimum Gasteiger partial charge on any atom is -0.383 e. The second-order valence-corrected chi connectivity index (χ2v) is 5.18. The fourth-order valence-electron chi connectivity index (χ4n) is 2.47. The molecule has 1 amide bonds. The SMILES string of the molecule is CN=C(NCCOC)NCC(=O)N1CCc2ccccc2C1.I. The zero-order valence-corrected chi connectivity index (χ0v) is 16.0. The molecule has 0 fully saturated rings. The molecule has 1 aromatic carbocycles. The van der Waals surface area contributed by atoms with Crippen LogP contribution in [0, 0.1) is 0 Å². The number of carbonyl (C=O) groups is 1. The first-order valence-electron chi connectivity index (χ1n) is 7.52. The number of nitrogens with one attached hydrogen (secondary N) is 2. The highest BCUT2D eigenvalue weighted by Gasteiger charge is 2.20. The van der Waals surface area contributed by atoms with Crippen molar-refractivity contribution in [1.82, 2.24) is 15.5 Å². The van der Waals surface area contributed by atoms with Gasteiger partial charge in [0.05, 0.1) is 13.2 Å². The summed E-state index contributed by atoms with van der Waals surface area (Å²) in [6, 6.07) is 8.30. The zero-order chi connectivity index (χ0) is 15.8. The van der Waals surface area contributed by atoms with Crippen LogP contribution in [0.3, 0.4) is 0 Å². The molecule has 23 heavy (non-hydrogen) atoms. The number of methoxy groups -OCH3 is 1. The highest BCUT2D eigenvalue weighted by molar-refractivity contribution is 14.0. The van der Waals surface area contributed by atoms with Gasteiger partial charge in [-0.25, -0.2) is 0 Å². The molecule has 1 aliphatic rings. The Morgan fingerprint density at radius 2 is 2.04 bits per heavy atom. The number of amides is 1. The van der Waals surface area contributed by atoms with Crippen LogP contribution in [-0.4, -0.2) is 57.2 Å². The summed E-state index contributed by atoms with van der Waals surface area (Å²) in [7, 11) is 3.33. The molecule has 2 N–H and O–H groups in total. The molecule has 128 valence electrons. The second-order valence-electron chi connectivity index (χ2n) is 5.18. The Balaban J connectivity index is 0.00000264. The van der Waals surface area contributed by atoms with Gasteiger partial charge in [-0.05, 0) is 17.5 Å². The van der Waals surface area contributed by atoms with Gasteiger partial charge in [0.25, 0.3) is 0 Å². The topological polar surface area (TPSA) is 66.0 Å². The molecule has 0 bridgehead atoms. The lowest BCUT2D eigenvalue weighted by molar-refractivity contribution is -0.130. The van der Waals surface area contributed by atoms with Gasteiger partial charge in [0.15, 0.2) is 5.96 Å². The Morgan fingerprint density at radius 3 is 2.74 bits per heavy atom. The summed E-state index contributed by atoms with van der Waals surface area (Å²) in [5.74, 6) is 0.701. The highest BCUT2D eigenvalue weighted by atomic mass is 127. The van der Waals surface area contributed by atoms with Crippen LogP contribution in [0.2, 0.25) is 0 Å². The van der Waals surface area contributed by atoms with Crippen molar-refractivity contribution in [3.8, 4) is 0 Å². The lowest BCUT2D eigenvalue weighted by Crippen LogP contribution is -2.46. The summed E-state index contributed by atoms with van der Waals surface area (Å²) in [4.78, 5) is 18.3. The van der Waals surface area contributed by atoms with Crippen molar-refractivity contribution in [2.24, 2.45) is 4.99 Å². The lowest BCUT2D eigenvalue weighted by Gasteiger charge is -2.29. The maximum atomic E-state index is 12.3. The fraction of sp³-hybridized carbons (Fsp3) is 0.500. The molecular formula is C16H25IN4O2. The van der Waals surface area contributed by atoms with E-state index in [2.05, 4.69) is 27.8 Å². The van der Waals surface area contributed by atoms with E-state index in [4.69, 9.17) is 4.74 Å². The molecule has 1 heterocycles. The maximum Gasteiger partial charge on any atom is 0.242 e. The van der Waals surface area contributed by atoms with Crippen LogP contribution >= 0.6 is 24.0 Å². The van der Waals surface area contributed by atoms with Crippen LogP contribution in [0.25, 0.3) is 0 Å². The van der Waals surface area contributed by atoms with Crippen molar-refractivity contribution in [3.05, 3.63) is 35.4 Å². The standard InChI is InChI=1S/C16H24N4O2.HI/c1-17-16(18-8-10-22-2)19-11-15(21)20-9-7-13-5-3-4-6-14(13)12-20;/h3-6H,7-12H2,1-2H3,(H2,17,18,19);1H. The number of guanidine groups is 1. The summed E-state index contributed by atoms with van der Waals surface area (Å²) >= 11 is 0. The maximum absolute atomic E-state index is 12.3. The van der Waals surface area contributed by atoms with E-state index in [0.29, 0.717) is 25.7 Å². The van der Waals surface area contributed by atoms with Crippen molar-refractivity contribution in [1.29, 1.82) is 0 Å². The Kier molecular flexibility index (Phi) is 8.93. The number of fused-ring (bicyclic) bond motifs is 1. The van der Waals surface area contributed by atoms with E-state index < -0.39 is 0 Å². The average molecular weight is 432 g/mol. The number of halogens is 1. The molecule has 0 aliphatic carbocycles. The molecular weight excluding hydrogens is 407 g/mol. The van der Waals surface area contributed by atoms with Crippen LogP contribution < -0.4 is 10.6 Å². The molecule has 0 saturated heterocycles. The zero-order valence-electron chi connectivity index (χ0n) is 13.7. The first-order valence-corrected chi connectivity index (χ1v) is 7.52. The number of hydrogen-bond donors (Lipinski definition) is 2. The number of aliphatic imine (C=N–C) groups is 1. The van der Waals surface area contributed by atoms with Crippen molar-refractivity contribution < 1.29 is 9.53 Å². The normalized spacial score (nSPS) is 13.8. The van der Waals surface area contributed by atoms with Gasteiger partial charge < -0.3 is 20.3 Å². The van der Waals surface area contributed by atoms with Crippen LogP contribution in [0.1, 0.15) is 11.1 Å². The summed E-state index contributed by atoms with van der Waals surface area (Å²) in [6.45, 7) is 2.95. The molecule has 1 aliphatic heterocycles. The van der Waals surface area contributed by atoms with E-state index >= 15 is 0 Å². The molecule has 0 aromatic heterocycles.